The third-order valence-electron chi connectivity index (χ3n) is 6.11. The van der Waals surface area contributed by atoms with E-state index in [0.717, 1.165) is 25.7 Å². The number of phosphoric ester groups is 1. The highest BCUT2D eigenvalue weighted by Crippen LogP contribution is 2.37. The van der Waals surface area contributed by atoms with Gasteiger partial charge in [0.05, 0.1) is 0 Å². The van der Waals surface area contributed by atoms with Crippen LogP contribution in [0.1, 0.15) is 43.7 Å². The van der Waals surface area contributed by atoms with Crippen molar-refractivity contribution in [1.82, 2.24) is 15.5 Å². The fourth-order valence-corrected chi connectivity index (χ4v) is 4.76. The fraction of sp³-hybridized carbons (Fsp3) is 0.423. The van der Waals surface area contributed by atoms with E-state index in [4.69, 9.17) is 9.79 Å². The highest BCUT2D eigenvalue weighted by atomic mass is 31.2. The second kappa shape index (κ2) is 13.4. The molecule has 1 aliphatic rings. The molecule has 4 N–H and O–H groups in total. The van der Waals surface area contributed by atoms with Crippen LogP contribution in [0.15, 0.2) is 54.6 Å². The van der Waals surface area contributed by atoms with Crippen molar-refractivity contribution in [3.8, 4) is 5.75 Å². The molecule has 0 spiro atoms. The minimum Gasteiger partial charge on any atom is -0.404 e. The van der Waals surface area contributed by atoms with Gasteiger partial charge in [0, 0.05) is 26.4 Å². The predicted octanol–water partition coefficient (Wildman–Crippen LogP) is 2.34. The first kappa shape index (κ1) is 28.4. The van der Waals surface area contributed by atoms with Crippen molar-refractivity contribution >= 4 is 25.5 Å². The number of hydrogen-bond acceptors (Lipinski definition) is 5. The molecule has 0 aromatic heterocycles. The molecular weight excluding hydrogens is 497 g/mol. The SMILES string of the molecule is CC(=O)N[C@H](Cc1ccc(OP(=O)(O)O)cc1)C(=O)N[C@H]1CCCCN(CCCc2ccccc2)C1=O. The Labute approximate surface area is 216 Å². The molecule has 37 heavy (non-hydrogen) atoms. The highest BCUT2D eigenvalue weighted by Gasteiger charge is 2.30. The summed E-state index contributed by atoms with van der Waals surface area (Å²) in [6, 6.07) is 14.4. The maximum absolute atomic E-state index is 13.2. The molecule has 2 aromatic rings. The number of hydrogen-bond donors (Lipinski definition) is 4. The number of nitrogens with one attached hydrogen (secondary N) is 2. The van der Waals surface area contributed by atoms with Crippen LogP contribution in [0.3, 0.4) is 0 Å². The molecule has 3 amide bonds. The van der Waals surface area contributed by atoms with Crippen LogP contribution in [0.25, 0.3) is 0 Å². The summed E-state index contributed by atoms with van der Waals surface area (Å²) >= 11 is 0. The number of amides is 3. The van der Waals surface area contributed by atoms with Gasteiger partial charge in [0.15, 0.2) is 0 Å². The summed E-state index contributed by atoms with van der Waals surface area (Å²) in [7, 11) is -4.68. The zero-order valence-electron chi connectivity index (χ0n) is 20.8. The number of phosphoric acid groups is 1. The van der Waals surface area contributed by atoms with Crippen LogP contribution in [0, 0.1) is 0 Å². The number of carbonyl (C=O) groups is 3. The molecule has 200 valence electrons. The average molecular weight is 532 g/mol. The maximum Gasteiger partial charge on any atom is 0.524 e. The second-order valence-corrected chi connectivity index (χ2v) is 10.3. The van der Waals surface area contributed by atoms with Crippen LogP contribution in [0.2, 0.25) is 0 Å². The summed E-state index contributed by atoms with van der Waals surface area (Å²) in [5, 5.41) is 5.48. The molecule has 10 nitrogen and oxygen atoms in total. The molecule has 0 unspecified atom stereocenters. The molecule has 2 aromatic carbocycles. The lowest BCUT2D eigenvalue weighted by atomic mass is 10.0. The standard InChI is InChI=1S/C26H34N3O7P/c1-19(30)27-24(18-21-12-14-22(15-13-21)36-37(33,34)35)25(31)28-23-11-5-6-16-29(26(23)32)17-7-10-20-8-3-2-4-9-20/h2-4,8-9,12-15,23-24H,5-7,10-11,16-18H2,1H3,(H,27,30)(H,28,31)(H2,33,34,35)/t23-,24+/m0/s1. The minimum atomic E-state index is -4.68. The predicted molar refractivity (Wildman–Crippen MR) is 138 cm³/mol. The number of rotatable bonds is 11. The minimum absolute atomic E-state index is 0.0194. The molecule has 2 atom stereocenters. The van der Waals surface area contributed by atoms with Crippen molar-refractivity contribution in [2.24, 2.45) is 0 Å². The Balaban J connectivity index is 1.61. The summed E-state index contributed by atoms with van der Waals surface area (Å²) in [4.78, 5) is 57.8. The third kappa shape index (κ3) is 9.64. The Morgan fingerprint density at radius 3 is 2.43 bits per heavy atom. The molecule has 0 saturated carbocycles. The van der Waals surface area contributed by atoms with Crippen LogP contribution in [-0.4, -0.2) is 57.6 Å². The van der Waals surface area contributed by atoms with Gasteiger partial charge in [-0.15, -0.1) is 0 Å². The molecule has 0 aliphatic carbocycles. The Morgan fingerprint density at radius 1 is 1.08 bits per heavy atom. The number of aryl methyl sites for hydroxylation is 1. The topological polar surface area (TPSA) is 145 Å². The average Bonchev–Trinajstić information content (AvgIpc) is 3.00. The fourth-order valence-electron chi connectivity index (χ4n) is 4.37. The number of nitrogens with zero attached hydrogens (tertiary/aromatic N) is 1. The van der Waals surface area contributed by atoms with Gasteiger partial charge in [-0.3, -0.25) is 24.2 Å². The van der Waals surface area contributed by atoms with Gasteiger partial charge in [-0.25, -0.2) is 4.57 Å². The van der Waals surface area contributed by atoms with Gasteiger partial charge in [0.2, 0.25) is 17.7 Å². The van der Waals surface area contributed by atoms with Gasteiger partial charge >= 0.3 is 7.82 Å². The van der Waals surface area contributed by atoms with E-state index < -0.39 is 31.7 Å². The van der Waals surface area contributed by atoms with Gasteiger partial charge in [-0.1, -0.05) is 42.5 Å². The smallest absolute Gasteiger partial charge is 0.404 e. The van der Waals surface area contributed by atoms with E-state index in [2.05, 4.69) is 27.3 Å². The monoisotopic (exact) mass is 531 g/mol. The number of carbonyl (C=O) groups excluding carboxylic acids is 3. The molecule has 0 radical (unpaired) electrons. The maximum atomic E-state index is 13.2. The van der Waals surface area contributed by atoms with Crippen LogP contribution >= 0.6 is 7.82 Å². The quantitative estimate of drug-likeness (QED) is 0.326. The molecule has 11 heteroatoms. The van der Waals surface area contributed by atoms with E-state index in [1.807, 2.05) is 23.1 Å². The Kier molecular flexibility index (Phi) is 10.3. The molecular formula is C26H34N3O7P. The summed E-state index contributed by atoms with van der Waals surface area (Å²) in [5.41, 5.74) is 1.86. The lowest BCUT2D eigenvalue weighted by Gasteiger charge is -2.26. The van der Waals surface area contributed by atoms with Crippen molar-refractivity contribution in [3.63, 3.8) is 0 Å². The highest BCUT2D eigenvalue weighted by molar-refractivity contribution is 7.46. The first-order valence-corrected chi connectivity index (χ1v) is 13.9. The molecule has 1 aliphatic heterocycles. The van der Waals surface area contributed by atoms with E-state index >= 15 is 0 Å². The van der Waals surface area contributed by atoms with Gasteiger partial charge in [0.1, 0.15) is 17.8 Å². The Hall–Kier alpha value is -3.20. The van der Waals surface area contributed by atoms with Crippen molar-refractivity contribution in [2.45, 2.75) is 57.5 Å². The Bertz CT molecular complexity index is 1100. The third-order valence-corrected chi connectivity index (χ3v) is 6.56. The lowest BCUT2D eigenvalue weighted by Crippen LogP contribution is -2.54. The van der Waals surface area contributed by atoms with Crippen LogP contribution in [0.4, 0.5) is 0 Å². The number of likely N-dealkylation sites (tertiary alicyclic amines) is 1. The zero-order valence-corrected chi connectivity index (χ0v) is 21.7. The molecule has 1 heterocycles. The second-order valence-electron chi connectivity index (χ2n) is 9.15. The van der Waals surface area contributed by atoms with E-state index in [9.17, 15) is 18.9 Å². The van der Waals surface area contributed by atoms with Crippen LogP contribution in [0.5, 0.6) is 5.75 Å². The summed E-state index contributed by atoms with van der Waals surface area (Å²) in [6.45, 7) is 2.57. The van der Waals surface area contributed by atoms with Crippen LogP contribution in [-0.2, 0) is 31.8 Å². The lowest BCUT2D eigenvalue weighted by molar-refractivity contribution is -0.136. The van der Waals surface area contributed by atoms with Crippen LogP contribution < -0.4 is 15.2 Å². The Morgan fingerprint density at radius 2 is 1.78 bits per heavy atom. The van der Waals surface area contributed by atoms with E-state index in [0.29, 0.717) is 25.1 Å². The summed E-state index contributed by atoms with van der Waals surface area (Å²) < 4.78 is 15.5. The summed E-state index contributed by atoms with van der Waals surface area (Å²) in [6.07, 6.45) is 4.01. The van der Waals surface area contributed by atoms with E-state index in [-0.39, 0.29) is 18.1 Å². The largest absolute Gasteiger partial charge is 0.524 e. The number of benzene rings is 2. The van der Waals surface area contributed by atoms with Crippen molar-refractivity contribution in [3.05, 3.63) is 65.7 Å². The molecule has 3 rings (SSSR count). The van der Waals surface area contributed by atoms with E-state index in [1.165, 1.54) is 24.6 Å². The molecule has 1 fully saturated rings. The first-order valence-electron chi connectivity index (χ1n) is 12.3. The first-order chi connectivity index (χ1) is 17.6. The van der Waals surface area contributed by atoms with E-state index in [1.54, 1.807) is 12.1 Å². The molecule has 0 bridgehead atoms. The van der Waals surface area contributed by atoms with Gasteiger partial charge in [-0.05, 0) is 55.4 Å². The van der Waals surface area contributed by atoms with Crippen molar-refractivity contribution in [2.75, 3.05) is 13.1 Å². The molecule has 1 saturated heterocycles. The zero-order chi connectivity index (χ0) is 26.8. The van der Waals surface area contributed by atoms with Gasteiger partial charge in [-0.2, -0.15) is 0 Å². The van der Waals surface area contributed by atoms with Gasteiger partial charge in [0.25, 0.3) is 0 Å². The summed E-state index contributed by atoms with van der Waals surface area (Å²) in [5.74, 6) is -0.986. The van der Waals surface area contributed by atoms with Gasteiger partial charge < -0.3 is 20.1 Å². The normalized spacial score (nSPS) is 17.0. The van der Waals surface area contributed by atoms with Crippen molar-refractivity contribution in [1.29, 1.82) is 0 Å². The van der Waals surface area contributed by atoms with Crippen molar-refractivity contribution < 1.29 is 33.3 Å².